The molecule has 1 aromatic carbocycles. The first-order chi connectivity index (χ1) is 10.8. The molecule has 1 amide bonds. The van der Waals surface area contributed by atoms with E-state index in [1.54, 1.807) is 11.3 Å². The number of rotatable bonds is 3. The van der Waals surface area contributed by atoms with E-state index in [-0.39, 0.29) is 5.91 Å². The minimum absolute atomic E-state index is 0.0604. The van der Waals surface area contributed by atoms with Gasteiger partial charge >= 0.3 is 0 Å². The number of thiophene rings is 1. The van der Waals surface area contributed by atoms with Crippen molar-refractivity contribution in [3.8, 4) is 11.5 Å². The molecule has 112 valence electrons. The van der Waals surface area contributed by atoms with Gasteiger partial charge in [0.1, 0.15) is 13.2 Å². The first-order valence-electron chi connectivity index (χ1n) is 6.79. The van der Waals surface area contributed by atoms with Gasteiger partial charge in [0.05, 0.1) is 16.6 Å². The lowest BCUT2D eigenvalue weighted by molar-refractivity contribution is -0.115. The van der Waals surface area contributed by atoms with Crippen LogP contribution in [-0.4, -0.2) is 24.1 Å². The molecular formula is C15H12N2O3S2. The highest BCUT2D eigenvalue weighted by Crippen LogP contribution is 2.37. The van der Waals surface area contributed by atoms with Gasteiger partial charge in [0.2, 0.25) is 5.91 Å². The molecule has 0 bridgehead atoms. The van der Waals surface area contributed by atoms with Crippen LogP contribution in [-0.2, 0) is 11.2 Å². The van der Waals surface area contributed by atoms with Gasteiger partial charge in [-0.3, -0.25) is 4.79 Å². The maximum Gasteiger partial charge on any atom is 0.230 e. The van der Waals surface area contributed by atoms with Crippen molar-refractivity contribution in [3.63, 3.8) is 0 Å². The number of amides is 1. The van der Waals surface area contributed by atoms with E-state index in [1.807, 2.05) is 29.0 Å². The number of aromatic nitrogens is 1. The summed E-state index contributed by atoms with van der Waals surface area (Å²) in [5.41, 5.74) is 1.82. The Balaban J connectivity index is 1.56. The predicted octanol–water partition coefficient (Wildman–Crippen LogP) is 3.31. The molecule has 0 aliphatic carbocycles. The largest absolute Gasteiger partial charge is 0.486 e. The summed E-state index contributed by atoms with van der Waals surface area (Å²) in [5.74, 6) is 1.38. The fourth-order valence-corrected chi connectivity index (χ4v) is 3.82. The summed E-state index contributed by atoms with van der Waals surface area (Å²) in [4.78, 5) is 16.5. The molecule has 0 atom stereocenters. The standard InChI is InChI=1S/C15H12N2O3S2/c18-14(5-9-1-4-21-8-9)17-15-16-10-6-11-12(7-13(10)22-15)20-3-2-19-11/h1,4,6-8H,2-3,5H2,(H,16,17,18). The Bertz CT molecular complexity index is 784. The smallest absolute Gasteiger partial charge is 0.230 e. The Morgan fingerprint density at radius 2 is 2.09 bits per heavy atom. The van der Waals surface area contributed by atoms with E-state index in [4.69, 9.17) is 9.47 Å². The second-order valence-electron chi connectivity index (χ2n) is 4.84. The molecule has 0 radical (unpaired) electrons. The minimum Gasteiger partial charge on any atom is -0.486 e. The van der Waals surface area contributed by atoms with Crippen molar-refractivity contribution in [3.05, 3.63) is 34.5 Å². The van der Waals surface area contributed by atoms with Gasteiger partial charge in [-0.05, 0) is 22.4 Å². The van der Waals surface area contributed by atoms with Gasteiger partial charge in [-0.2, -0.15) is 11.3 Å². The molecule has 0 fully saturated rings. The molecule has 1 aliphatic rings. The van der Waals surface area contributed by atoms with Gasteiger partial charge < -0.3 is 14.8 Å². The zero-order valence-corrected chi connectivity index (χ0v) is 13.1. The summed E-state index contributed by atoms with van der Waals surface area (Å²) in [7, 11) is 0. The lowest BCUT2D eigenvalue weighted by Gasteiger charge is -2.17. The molecule has 1 aliphatic heterocycles. The summed E-state index contributed by atoms with van der Waals surface area (Å²) in [6, 6.07) is 5.72. The van der Waals surface area contributed by atoms with E-state index < -0.39 is 0 Å². The highest BCUT2D eigenvalue weighted by atomic mass is 32.1. The van der Waals surface area contributed by atoms with Gasteiger partial charge in [-0.1, -0.05) is 11.3 Å². The first kappa shape index (κ1) is 13.5. The van der Waals surface area contributed by atoms with Crippen molar-refractivity contribution < 1.29 is 14.3 Å². The van der Waals surface area contributed by atoms with Gasteiger partial charge in [0.25, 0.3) is 0 Å². The van der Waals surface area contributed by atoms with Gasteiger partial charge in [-0.15, -0.1) is 0 Å². The third-order valence-corrected chi connectivity index (χ3v) is 4.91. The van der Waals surface area contributed by atoms with E-state index in [2.05, 4.69) is 10.3 Å². The summed E-state index contributed by atoms with van der Waals surface area (Å²) in [6.45, 7) is 1.11. The van der Waals surface area contributed by atoms with Crippen LogP contribution in [0.3, 0.4) is 0 Å². The molecule has 4 rings (SSSR count). The van der Waals surface area contributed by atoms with Crippen LogP contribution in [0.25, 0.3) is 10.2 Å². The van der Waals surface area contributed by atoms with E-state index in [0.29, 0.717) is 30.5 Å². The lowest BCUT2D eigenvalue weighted by atomic mass is 10.2. The van der Waals surface area contributed by atoms with Crippen molar-refractivity contribution in [2.24, 2.45) is 0 Å². The maximum absolute atomic E-state index is 12.0. The van der Waals surface area contributed by atoms with Crippen LogP contribution in [0.2, 0.25) is 0 Å². The Labute approximate surface area is 134 Å². The van der Waals surface area contributed by atoms with E-state index >= 15 is 0 Å². The van der Waals surface area contributed by atoms with Crippen LogP contribution in [0.5, 0.6) is 11.5 Å². The number of ether oxygens (including phenoxy) is 2. The molecular weight excluding hydrogens is 320 g/mol. The monoisotopic (exact) mass is 332 g/mol. The molecule has 5 nitrogen and oxygen atoms in total. The van der Waals surface area contributed by atoms with Gasteiger partial charge in [0.15, 0.2) is 16.6 Å². The van der Waals surface area contributed by atoms with Gasteiger partial charge in [-0.25, -0.2) is 4.98 Å². The van der Waals surface area contributed by atoms with Crippen LogP contribution in [0.15, 0.2) is 29.0 Å². The van der Waals surface area contributed by atoms with Crippen molar-refractivity contribution in [2.45, 2.75) is 6.42 Å². The molecule has 0 saturated carbocycles. The second kappa shape index (κ2) is 5.58. The van der Waals surface area contributed by atoms with E-state index in [1.165, 1.54) is 11.3 Å². The van der Waals surface area contributed by atoms with Gasteiger partial charge in [0, 0.05) is 12.1 Å². The number of hydrogen-bond acceptors (Lipinski definition) is 6. The Morgan fingerprint density at radius 1 is 1.27 bits per heavy atom. The highest BCUT2D eigenvalue weighted by molar-refractivity contribution is 7.22. The van der Waals surface area contributed by atoms with Crippen LogP contribution >= 0.6 is 22.7 Å². The first-order valence-corrected chi connectivity index (χ1v) is 8.55. The quantitative estimate of drug-likeness (QED) is 0.799. The fraction of sp³-hybridized carbons (Fsp3) is 0.200. The summed E-state index contributed by atoms with van der Waals surface area (Å²) >= 11 is 3.02. The third kappa shape index (κ3) is 2.65. The zero-order valence-electron chi connectivity index (χ0n) is 11.5. The molecule has 3 heterocycles. The number of thiazole rings is 1. The zero-order chi connectivity index (χ0) is 14.9. The number of hydrogen-bond donors (Lipinski definition) is 1. The Kier molecular flexibility index (Phi) is 3.44. The fourth-order valence-electron chi connectivity index (χ4n) is 2.26. The predicted molar refractivity (Wildman–Crippen MR) is 87.3 cm³/mol. The maximum atomic E-state index is 12.0. The van der Waals surface area contributed by atoms with E-state index in [9.17, 15) is 4.79 Å². The molecule has 0 saturated heterocycles. The summed E-state index contributed by atoms with van der Waals surface area (Å²) < 4.78 is 12.1. The number of nitrogens with zero attached hydrogens (tertiary/aromatic N) is 1. The van der Waals surface area contributed by atoms with Crippen LogP contribution in [0.1, 0.15) is 5.56 Å². The average molecular weight is 332 g/mol. The molecule has 3 aromatic rings. The molecule has 7 heteroatoms. The summed E-state index contributed by atoms with van der Waals surface area (Å²) in [5, 5.41) is 7.38. The van der Waals surface area contributed by atoms with Crippen LogP contribution in [0.4, 0.5) is 5.13 Å². The van der Waals surface area contributed by atoms with Crippen molar-refractivity contribution in [1.29, 1.82) is 0 Å². The van der Waals surface area contributed by atoms with Crippen molar-refractivity contribution >= 4 is 43.9 Å². The molecule has 2 aromatic heterocycles. The SMILES string of the molecule is O=C(Cc1ccsc1)Nc1nc2cc3c(cc2s1)OCCO3. The third-order valence-electron chi connectivity index (χ3n) is 3.24. The summed E-state index contributed by atoms with van der Waals surface area (Å²) in [6.07, 6.45) is 0.363. The van der Waals surface area contributed by atoms with Crippen LogP contribution < -0.4 is 14.8 Å². The molecule has 22 heavy (non-hydrogen) atoms. The number of nitrogens with one attached hydrogen (secondary N) is 1. The highest BCUT2D eigenvalue weighted by Gasteiger charge is 2.16. The number of benzene rings is 1. The number of carbonyl (C=O) groups excluding carboxylic acids is 1. The molecule has 1 N–H and O–H groups in total. The Hall–Kier alpha value is -2.12. The lowest BCUT2D eigenvalue weighted by Crippen LogP contribution is -2.15. The number of carbonyl (C=O) groups is 1. The second-order valence-corrected chi connectivity index (χ2v) is 6.65. The van der Waals surface area contributed by atoms with Crippen LogP contribution in [0, 0.1) is 0 Å². The average Bonchev–Trinajstić information content (AvgIpc) is 3.13. The van der Waals surface area contributed by atoms with Crippen molar-refractivity contribution in [2.75, 3.05) is 18.5 Å². The normalized spacial score (nSPS) is 13.3. The van der Waals surface area contributed by atoms with Crippen molar-refractivity contribution in [1.82, 2.24) is 4.98 Å². The minimum atomic E-state index is -0.0604. The number of fused-ring (bicyclic) bond motifs is 2. The molecule has 0 unspecified atom stereocenters. The Morgan fingerprint density at radius 3 is 2.86 bits per heavy atom. The topological polar surface area (TPSA) is 60.5 Å². The molecule has 0 spiro atoms. The number of anilines is 1. The van der Waals surface area contributed by atoms with E-state index in [0.717, 1.165) is 21.5 Å².